The fourth-order valence-corrected chi connectivity index (χ4v) is 3.74. The summed E-state index contributed by atoms with van der Waals surface area (Å²) in [5.41, 5.74) is 0. The third-order valence-electron chi connectivity index (χ3n) is 2.98. The van der Waals surface area contributed by atoms with Crippen LogP contribution in [0, 0.1) is 0 Å². The molecule has 5 nitrogen and oxygen atoms in total. The average Bonchev–Trinajstić information content (AvgIpc) is 2.42. The Labute approximate surface area is 104 Å². The molecule has 1 unspecified atom stereocenters. The minimum absolute atomic E-state index is 0.0496. The second-order valence-electron chi connectivity index (χ2n) is 4.52. The van der Waals surface area contributed by atoms with Crippen LogP contribution in [0.3, 0.4) is 0 Å². The van der Waals surface area contributed by atoms with Crippen molar-refractivity contribution in [1.29, 1.82) is 0 Å². The molecule has 1 fully saturated rings. The lowest BCUT2D eigenvalue weighted by Gasteiger charge is -2.28. The van der Waals surface area contributed by atoms with E-state index in [-0.39, 0.29) is 11.8 Å². The minimum atomic E-state index is -3.42. The zero-order valence-electron chi connectivity index (χ0n) is 10.6. The second-order valence-corrected chi connectivity index (χ2v) is 6.23. The van der Waals surface area contributed by atoms with Gasteiger partial charge in [0.05, 0.1) is 0 Å². The molecular formula is C11H22N2O3S. The van der Waals surface area contributed by atoms with Gasteiger partial charge in [-0.1, -0.05) is 19.8 Å². The van der Waals surface area contributed by atoms with Gasteiger partial charge in [-0.15, -0.1) is 0 Å². The molecule has 0 radical (unpaired) electrons. The Morgan fingerprint density at radius 2 is 2.06 bits per heavy atom. The first-order chi connectivity index (χ1) is 7.97. The molecule has 1 N–H and O–H groups in total. The molecule has 0 aromatic heterocycles. The summed E-state index contributed by atoms with van der Waals surface area (Å²) in [6.45, 7) is 4.18. The zero-order valence-corrected chi connectivity index (χ0v) is 11.4. The Hall–Kier alpha value is -0.460. The van der Waals surface area contributed by atoms with E-state index < -0.39 is 10.2 Å². The maximum atomic E-state index is 12.0. The molecule has 0 saturated carbocycles. The van der Waals surface area contributed by atoms with E-state index in [1.54, 1.807) is 6.92 Å². The fraction of sp³-hybridized carbons (Fsp3) is 0.909. The molecule has 1 aliphatic heterocycles. The largest absolute Gasteiger partial charge is 0.300 e. The van der Waals surface area contributed by atoms with Gasteiger partial charge in [0.25, 0.3) is 10.2 Å². The van der Waals surface area contributed by atoms with Crippen molar-refractivity contribution in [2.75, 3.05) is 13.1 Å². The Kier molecular flexibility index (Phi) is 5.55. The van der Waals surface area contributed by atoms with E-state index in [1.807, 2.05) is 0 Å². The molecule has 1 saturated heterocycles. The molecule has 0 amide bonds. The standard InChI is InChI=1S/C11H22N2O3S/c1-3-12-17(15,16)13-8-6-4-5-7-11(13)9-10(2)14/h11-12H,3-9H2,1-2H3. The summed E-state index contributed by atoms with van der Waals surface area (Å²) in [6.07, 6.45) is 4.01. The second kappa shape index (κ2) is 6.47. The lowest BCUT2D eigenvalue weighted by atomic mass is 10.1. The number of nitrogens with zero attached hydrogens (tertiary/aromatic N) is 1. The highest BCUT2D eigenvalue weighted by atomic mass is 32.2. The van der Waals surface area contributed by atoms with Crippen LogP contribution in [0.25, 0.3) is 0 Å². The summed E-state index contributed by atoms with van der Waals surface area (Å²) < 4.78 is 28.1. The van der Waals surface area contributed by atoms with E-state index in [0.717, 1.165) is 25.7 Å². The topological polar surface area (TPSA) is 66.5 Å². The Morgan fingerprint density at radius 3 is 2.65 bits per heavy atom. The van der Waals surface area contributed by atoms with Gasteiger partial charge < -0.3 is 0 Å². The van der Waals surface area contributed by atoms with Gasteiger partial charge in [0.2, 0.25) is 0 Å². The average molecular weight is 262 g/mol. The molecular weight excluding hydrogens is 240 g/mol. The van der Waals surface area contributed by atoms with Crippen LogP contribution in [0.4, 0.5) is 0 Å². The van der Waals surface area contributed by atoms with Gasteiger partial charge in [-0.25, -0.2) is 4.72 Å². The zero-order chi connectivity index (χ0) is 12.9. The van der Waals surface area contributed by atoms with Crippen LogP contribution in [-0.4, -0.2) is 37.6 Å². The van der Waals surface area contributed by atoms with Crippen LogP contribution < -0.4 is 4.72 Å². The third kappa shape index (κ3) is 4.37. The molecule has 100 valence electrons. The molecule has 1 rings (SSSR count). The van der Waals surface area contributed by atoms with Gasteiger partial charge >= 0.3 is 0 Å². The number of carbonyl (C=O) groups is 1. The molecule has 6 heteroatoms. The van der Waals surface area contributed by atoms with Gasteiger partial charge in [-0.2, -0.15) is 12.7 Å². The van der Waals surface area contributed by atoms with Gasteiger partial charge in [-0.3, -0.25) is 4.79 Å². The molecule has 0 aromatic rings. The summed E-state index contributed by atoms with van der Waals surface area (Å²) in [4.78, 5) is 11.2. The van der Waals surface area contributed by atoms with Crippen LogP contribution in [0.5, 0.6) is 0 Å². The van der Waals surface area contributed by atoms with Gasteiger partial charge in [0, 0.05) is 25.6 Å². The number of ketones is 1. The minimum Gasteiger partial charge on any atom is -0.300 e. The van der Waals surface area contributed by atoms with Crippen LogP contribution in [0.15, 0.2) is 0 Å². The van der Waals surface area contributed by atoms with Crippen LogP contribution in [0.1, 0.15) is 46.0 Å². The highest BCUT2D eigenvalue weighted by molar-refractivity contribution is 7.87. The van der Waals surface area contributed by atoms with Gasteiger partial charge in [0.1, 0.15) is 5.78 Å². The molecule has 1 atom stereocenters. The van der Waals surface area contributed by atoms with Crippen molar-refractivity contribution in [1.82, 2.24) is 9.03 Å². The smallest absolute Gasteiger partial charge is 0.279 e. The molecule has 1 aliphatic rings. The van der Waals surface area contributed by atoms with E-state index in [4.69, 9.17) is 0 Å². The third-order valence-corrected chi connectivity index (χ3v) is 4.73. The predicted octanol–water partition coefficient (Wildman–Crippen LogP) is 1.06. The van der Waals surface area contributed by atoms with Crippen molar-refractivity contribution >= 4 is 16.0 Å². The molecule has 0 spiro atoms. The quantitative estimate of drug-likeness (QED) is 0.805. The molecule has 17 heavy (non-hydrogen) atoms. The fourth-order valence-electron chi connectivity index (χ4n) is 2.27. The van der Waals surface area contributed by atoms with E-state index in [2.05, 4.69) is 4.72 Å². The molecule has 0 aromatic carbocycles. The maximum absolute atomic E-state index is 12.0. The van der Waals surface area contributed by atoms with E-state index in [0.29, 0.717) is 19.5 Å². The number of hydrogen-bond acceptors (Lipinski definition) is 3. The number of hydrogen-bond donors (Lipinski definition) is 1. The Morgan fingerprint density at radius 1 is 1.35 bits per heavy atom. The SMILES string of the molecule is CCNS(=O)(=O)N1CCCCCC1CC(C)=O. The lowest BCUT2D eigenvalue weighted by Crippen LogP contribution is -2.47. The molecule has 0 aliphatic carbocycles. The van der Waals surface area contributed by atoms with Crippen LogP contribution in [0.2, 0.25) is 0 Å². The van der Waals surface area contributed by atoms with Crippen molar-refractivity contribution in [2.24, 2.45) is 0 Å². The van der Waals surface area contributed by atoms with Crippen molar-refractivity contribution in [3.8, 4) is 0 Å². The molecule has 1 heterocycles. The monoisotopic (exact) mass is 262 g/mol. The number of nitrogens with one attached hydrogen (secondary N) is 1. The van der Waals surface area contributed by atoms with E-state index in [9.17, 15) is 13.2 Å². The van der Waals surface area contributed by atoms with Crippen molar-refractivity contribution < 1.29 is 13.2 Å². The summed E-state index contributed by atoms with van der Waals surface area (Å²) >= 11 is 0. The van der Waals surface area contributed by atoms with E-state index in [1.165, 1.54) is 11.2 Å². The van der Waals surface area contributed by atoms with Gasteiger partial charge in [-0.05, 0) is 19.8 Å². The Balaban J connectivity index is 2.85. The number of Topliss-reactive ketones (excluding diaryl/α,β-unsaturated/α-hetero) is 1. The van der Waals surface area contributed by atoms with Crippen LogP contribution >= 0.6 is 0 Å². The first kappa shape index (κ1) is 14.6. The van der Waals surface area contributed by atoms with Crippen molar-refractivity contribution in [3.05, 3.63) is 0 Å². The van der Waals surface area contributed by atoms with Crippen molar-refractivity contribution in [2.45, 2.75) is 52.0 Å². The highest BCUT2D eigenvalue weighted by Crippen LogP contribution is 2.21. The first-order valence-corrected chi connectivity index (χ1v) is 7.67. The summed E-state index contributed by atoms with van der Waals surface area (Å²) in [7, 11) is -3.42. The lowest BCUT2D eigenvalue weighted by molar-refractivity contribution is -0.117. The number of carbonyl (C=O) groups excluding carboxylic acids is 1. The first-order valence-electron chi connectivity index (χ1n) is 6.23. The van der Waals surface area contributed by atoms with Crippen LogP contribution in [-0.2, 0) is 15.0 Å². The maximum Gasteiger partial charge on any atom is 0.279 e. The summed E-state index contributed by atoms with van der Waals surface area (Å²) in [6, 6.07) is -0.168. The highest BCUT2D eigenvalue weighted by Gasteiger charge is 2.31. The van der Waals surface area contributed by atoms with E-state index >= 15 is 0 Å². The summed E-state index contributed by atoms with van der Waals surface area (Å²) in [5.74, 6) is 0.0496. The molecule has 0 bridgehead atoms. The van der Waals surface area contributed by atoms with Gasteiger partial charge in [0.15, 0.2) is 0 Å². The normalized spacial score (nSPS) is 23.3. The predicted molar refractivity (Wildman–Crippen MR) is 66.9 cm³/mol. The summed E-state index contributed by atoms with van der Waals surface area (Å²) in [5, 5.41) is 0. The van der Waals surface area contributed by atoms with Crippen molar-refractivity contribution in [3.63, 3.8) is 0 Å². The Bertz CT molecular complexity index is 354. The number of rotatable bonds is 5.